The lowest BCUT2D eigenvalue weighted by molar-refractivity contribution is 0.191. The van der Waals surface area contributed by atoms with Crippen LogP contribution in [0, 0.1) is 0 Å². The van der Waals surface area contributed by atoms with Gasteiger partial charge in [0.05, 0.1) is 11.8 Å². The second kappa shape index (κ2) is 7.70. The van der Waals surface area contributed by atoms with Crippen molar-refractivity contribution in [2.24, 2.45) is 0 Å². The van der Waals surface area contributed by atoms with Crippen LogP contribution in [0.15, 0.2) is 67.0 Å². The van der Waals surface area contributed by atoms with E-state index < -0.39 is 6.10 Å². The summed E-state index contributed by atoms with van der Waals surface area (Å²) >= 11 is 0. The summed E-state index contributed by atoms with van der Waals surface area (Å²) < 4.78 is 0. The molecule has 1 heterocycles. The van der Waals surface area contributed by atoms with E-state index in [9.17, 15) is 5.11 Å². The molecular weight excluding hydrogens is 298 g/mol. The van der Waals surface area contributed by atoms with Gasteiger partial charge in [-0.15, -0.1) is 0 Å². The SMILES string of the molecule is CCc1ccc(-c2cc(NCC(O)c3ccccc3)ncn2)cc1. The molecule has 3 aromatic rings. The van der Waals surface area contributed by atoms with E-state index in [0.29, 0.717) is 12.4 Å². The summed E-state index contributed by atoms with van der Waals surface area (Å²) in [5.74, 6) is 0.703. The summed E-state index contributed by atoms with van der Waals surface area (Å²) in [5, 5.41) is 13.4. The summed E-state index contributed by atoms with van der Waals surface area (Å²) in [7, 11) is 0. The number of nitrogens with zero attached hydrogens (tertiary/aromatic N) is 2. The normalized spacial score (nSPS) is 11.9. The van der Waals surface area contributed by atoms with Crippen LogP contribution in [0.25, 0.3) is 11.3 Å². The average Bonchev–Trinajstić information content (AvgIpc) is 2.67. The van der Waals surface area contributed by atoms with Gasteiger partial charge >= 0.3 is 0 Å². The second-order valence-electron chi connectivity index (χ2n) is 5.65. The fourth-order valence-corrected chi connectivity index (χ4v) is 2.52. The van der Waals surface area contributed by atoms with E-state index >= 15 is 0 Å². The second-order valence-corrected chi connectivity index (χ2v) is 5.65. The minimum atomic E-state index is -0.576. The van der Waals surface area contributed by atoms with E-state index in [2.05, 4.69) is 46.5 Å². The Labute approximate surface area is 142 Å². The van der Waals surface area contributed by atoms with Crippen molar-refractivity contribution in [3.63, 3.8) is 0 Å². The van der Waals surface area contributed by atoms with Gasteiger partial charge in [0.25, 0.3) is 0 Å². The Morgan fingerprint density at radius 1 is 1.00 bits per heavy atom. The Bertz CT molecular complexity index is 772. The van der Waals surface area contributed by atoms with Gasteiger partial charge in [-0.25, -0.2) is 9.97 Å². The minimum Gasteiger partial charge on any atom is -0.387 e. The molecule has 0 radical (unpaired) electrons. The maximum Gasteiger partial charge on any atom is 0.130 e. The molecule has 1 aromatic heterocycles. The largest absolute Gasteiger partial charge is 0.387 e. The zero-order chi connectivity index (χ0) is 16.8. The number of benzene rings is 2. The third-order valence-electron chi connectivity index (χ3n) is 3.99. The molecule has 0 aliphatic rings. The van der Waals surface area contributed by atoms with Gasteiger partial charge in [0, 0.05) is 18.2 Å². The summed E-state index contributed by atoms with van der Waals surface area (Å²) in [6, 6.07) is 19.9. The Morgan fingerprint density at radius 2 is 1.75 bits per heavy atom. The molecule has 1 atom stereocenters. The number of hydrogen-bond acceptors (Lipinski definition) is 4. The van der Waals surface area contributed by atoms with Gasteiger partial charge in [0.2, 0.25) is 0 Å². The molecule has 0 fully saturated rings. The van der Waals surface area contributed by atoms with Crippen molar-refractivity contribution in [3.8, 4) is 11.3 Å². The molecule has 3 rings (SSSR count). The van der Waals surface area contributed by atoms with Crippen LogP contribution in [0.4, 0.5) is 5.82 Å². The van der Waals surface area contributed by atoms with Gasteiger partial charge in [-0.1, -0.05) is 61.5 Å². The van der Waals surface area contributed by atoms with Crippen LogP contribution < -0.4 is 5.32 Å². The molecule has 122 valence electrons. The van der Waals surface area contributed by atoms with E-state index in [4.69, 9.17) is 0 Å². The highest BCUT2D eigenvalue weighted by atomic mass is 16.3. The molecule has 0 amide bonds. The van der Waals surface area contributed by atoms with Gasteiger partial charge in [-0.3, -0.25) is 0 Å². The predicted octanol–water partition coefficient (Wildman–Crippen LogP) is 3.85. The zero-order valence-electron chi connectivity index (χ0n) is 13.7. The van der Waals surface area contributed by atoms with Crippen molar-refractivity contribution in [2.45, 2.75) is 19.4 Å². The van der Waals surface area contributed by atoms with Gasteiger partial charge in [-0.05, 0) is 17.5 Å². The van der Waals surface area contributed by atoms with Crippen molar-refractivity contribution in [3.05, 3.63) is 78.1 Å². The van der Waals surface area contributed by atoms with Crippen molar-refractivity contribution in [1.82, 2.24) is 9.97 Å². The molecule has 2 N–H and O–H groups in total. The molecule has 24 heavy (non-hydrogen) atoms. The van der Waals surface area contributed by atoms with Crippen LogP contribution in [0.5, 0.6) is 0 Å². The number of aromatic nitrogens is 2. The standard InChI is InChI=1S/C20H21N3O/c1-2-15-8-10-16(11-9-15)18-12-20(23-14-22-18)21-13-19(24)17-6-4-3-5-7-17/h3-12,14,19,24H,2,13H2,1H3,(H,21,22,23). The highest BCUT2D eigenvalue weighted by molar-refractivity contribution is 5.62. The van der Waals surface area contributed by atoms with E-state index in [1.165, 1.54) is 5.56 Å². The van der Waals surface area contributed by atoms with Crippen molar-refractivity contribution in [1.29, 1.82) is 0 Å². The summed E-state index contributed by atoms with van der Waals surface area (Å²) in [4.78, 5) is 8.57. The number of aliphatic hydroxyl groups is 1. The van der Waals surface area contributed by atoms with Gasteiger partial charge in [-0.2, -0.15) is 0 Å². The fraction of sp³-hybridized carbons (Fsp3) is 0.200. The lowest BCUT2D eigenvalue weighted by atomic mass is 10.1. The third-order valence-corrected chi connectivity index (χ3v) is 3.99. The first-order chi connectivity index (χ1) is 11.8. The van der Waals surface area contributed by atoms with Gasteiger partial charge < -0.3 is 10.4 Å². The van der Waals surface area contributed by atoms with E-state index in [1.807, 2.05) is 36.4 Å². The van der Waals surface area contributed by atoms with Crippen molar-refractivity contribution in [2.75, 3.05) is 11.9 Å². The Morgan fingerprint density at radius 3 is 2.46 bits per heavy atom. The van der Waals surface area contributed by atoms with Gasteiger partial charge in [0.1, 0.15) is 12.1 Å². The van der Waals surface area contributed by atoms with Crippen LogP contribution >= 0.6 is 0 Å². The molecule has 0 spiro atoms. The molecule has 4 nitrogen and oxygen atoms in total. The average molecular weight is 319 g/mol. The quantitative estimate of drug-likeness (QED) is 0.724. The lowest BCUT2D eigenvalue weighted by Crippen LogP contribution is -2.13. The van der Waals surface area contributed by atoms with Crippen molar-refractivity contribution < 1.29 is 5.11 Å². The monoisotopic (exact) mass is 319 g/mol. The van der Waals surface area contributed by atoms with Crippen LogP contribution in [0.1, 0.15) is 24.2 Å². The number of hydrogen-bond donors (Lipinski definition) is 2. The third kappa shape index (κ3) is 3.97. The van der Waals surface area contributed by atoms with E-state index in [1.54, 1.807) is 6.33 Å². The summed E-state index contributed by atoms with van der Waals surface area (Å²) in [6.07, 6.45) is 1.99. The summed E-state index contributed by atoms with van der Waals surface area (Å²) in [5.41, 5.74) is 4.11. The van der Waals surface area contributed by atoms with E-state index in [-0.39, 0.29) is 0 Å². The zero-order valence-corrected chi connectivity index (χ0v) is 13.7. The van der Waals surface area contributed by atoms with Crippen molar-refractivity contribution >= 4 is 5.82 Å². The first-order valence-corrected chi connectivity index (χ1v) is 8.14. The maximum atomic E-state index is 10.2. The molecule has 0 bridgehead atoms. The maximum absolute atomic E-state index is 10.2. The first-order valence-electron chi connectivity index (χ1n) is 8.14. The smallest absolute Gasteiger partial charge is 0.130 e. The predicted molar refractivity (Wildman–Crippen MR) is 96.7 cm³/mol. The minimum absolute atomic E-state index is 0.398. The van der Waals surface area contributed by atoms with E-state index in [0.717, 1.165) is 23.2 Å². The number of aliphatic hydroxyl groups excluding tert-OH is 1. The Balaban J connectivity index is 1.68. The molecule has 4 heteroatoms. The van der Waals surface area contributed by atoms with Crippen LogP contribution in [0.2, 0.25) is 0 Å². The Hall–Kier alpha value is -2.72. The number of anilines is 1. The van der Waals surface area contributed by atoms with Crippen LogP contribution in [0.3, 0.4) is 0 Å². The molecule has 0 aliphatic heterocycles. The fourth-order valence-electron chi connectivity index (χ4n) is 2.52. The topological polar surface area (TPSA) is 58.0 Å². The molecule has 0 aliphatic carbocycles. The molecule has 2 aromatic carbocycles. The van der Waals surface area contributed by atoms with Crippen LogP contribution in [-0.4, -0.2) is 21.6 Å². The summed E-state index contributed by atoms with van der Waals surface area (Å²) in [6.45, 7) is 2.54. The first kappa shape index (κ1) is 16.1. The van der Waals surface area contributed by atoms with Crippen LogP contribution in [-0.2, 0) is 6.42 Å². The van der Waals surface area contributed by atoms with Gasteiger partial charge in [0.15, 0.2) is 0 Å². The highest BCUT2D eigenvalue weighted by Crippen LogP contribution is 2.20. The Kier molecular flexibility index (Phi) is 5.18. The lowest BCUT2D eigenvalue weighted by Gasteiger charge is -2.13. The highest BCUT2D eigenvalue weighted by Gasteiger charge is 2.08. The number of rotatable bonds is 6. The molecule has 1 unspecified atom stereocenters. The number of aryl methyl sites for hydroxylation is 1. The number of nitrogens with one attached hydrogen (secondary N) is 1. The molecule has 0 saturated heterocycles. The molecular formula is C20H21N3O. The molecule has 0 saturated carbocycles.